The van der Waals surface area contributed by atoms with Crippen LogP contribution in [0.25, 0.3) is 33.2 Å². The van der Waals surface area contributed by atoms with E-state index in [0.717, 1.165) is 57.7 Å². The summed E-state index contributed by atoms with van der Waals surface area (Å²) in [6, 6.07) is 20.1. The lowest BCUT2D eigenvalue weighted by atomic mass is 10.1. The Balaban J connectivity index is 1.38. The first kappa shape index (κ1) is 16.8. The predicted molar refractivity (Wildman–Crippen MR) is 118 cm³/mol. The molecule has 0 unspecified atom stereocenters. The Hall–Kier alpha value is -4.13. The van der Waals surface area contributed by atoms with Crippen LogP contribution >= 0.6 is 0 Å². The molecule has 7 heteroatoms. The summed E-state index contributed by atoms with van der Waals surface area (Å²) in [5.74, 6) is 2.35. The monoisotopic (exact) mass is 394 g/mol. The first-order chi connectivity index (χ1) is 14.8. The highest BCUT2D eigenvalue weighted by atomic mass is 16.5. The lowest BCUT2D eigenvalue weighted by Crippen LogP contribution is -2.11. The minimum absolute atomic E-state index is 0.679. The summed E-state index contributed by atoms with van der Waals surface area (Å²) in [5.41, 5.74) is 11.5. The number of benzene rings is 3. The SMILES string of the molecule is c1ccc2c(NNc3ccc4[nH]ncc4c3)nc(-c3ccc4c(c3)CCO4)nc2c1. The number of fused-ring (bicyclic) bond motifs is 3. The Labute approximate surface area is 172 Å². The maximum Gasteiger partial charge on any atom is 0.162 e. The van der Waals surface area contributed by atoms with Gasteiger partial charge < -0.3 is 4.74 Å². The molecule has 1 aliphatic rings. The van der Waals surface area contributed by atoms with Crippen LogP contribution in [0.5, 0.6) is 5.75 Å². The highest BCUT2D eigenvalue weighted by Gasteiger charge is 2.15. The van der Waals surface area contributed by atoms with Crippen molar-refractivity contribution >= 4 is 33.3 Å². The minimum atomic E-state index is 0.679. The van der Waals surface area contributed by atoms with Crippen LogP contribution in [-0.4, -0.2) is 26.8 Å². The van der Waals surface area contributed by atoms with Gasteiger partial charge in [0.2, 0.25) is 0 Å². The van der Waals surface area contributed by atoms with Crippen LogP contribution in [0.15, 0.2) is 66.9 Å². The molecule has 3 N–H and O–H groups in total. The summed E-state index contributed by atoms with van der Waals surface area (Å²) < 4.78 is 5.63. The molecule has 3 heterocycles. The lowest BCUT2D eigenvalue weighted by molar-refractivity contribution is 0.357. The molecule has 0 fully saturated rings. The van der Waals surface area contributed by atoms with E-state index >= 15 is 0 Å². The topological polar surface area (TPSA) is 87.8 Å². The fourth-order valence-corrected chi connectivity index (χ4v) is 3.78. The van der Waals surface area contributed by atoms with Gasteiger partial charge in [-0.1, -0.05) is 12.1 Å². The highest BCUT2D eigenvalue weighted by molar-refractivity contribution is 5.91. The van der Waals surface area contributed by atoms with Crippen molar-refractivity contribution in [2.75, 3.05) is 17.5 Å². The van der Waals surface area contributed by atoms with Crippen LogP contribution in [0.2, 0.25) is 0 Å². The van der Waals surface area contributed by atoms with Gasteiger partial charge in [-0.25, -0.2) is 9.97 Å². The maximum atomic E-state index is 5.63. The number of hydrazine groups is 1. The maximum absolute atomic E-state index is 5.63. The van der Waals surface area contributed by atoms with Crippen LogP contribution in [0, 0.1) is 0 Å². The normalized spacial score (nSPS) is 12.7. The van der Waals surface area contributed by atoms with E-state index in [1.165, 1.54) is 5.56 Å². The highest BCUT2D eigenvalue weighted by Crippen LogP contribution is 2.31. The van der Waals surface area contributed by atoms with Gasteiger partial charge in [-0.3, -0.25) is 16.0 Å². The largest absolute Gasteiger partial charge is 0.493 e. The van der Waals surface area contributed by atoms with E-state index in [1.54, 1.807) is 6.20 Å². The standard InChI is InChI=1S/C23H18N6O/c1-2-4-20-18(3-1)23(29-27-17-6-7-19-16(12-17)13-24-28-19)26-22(25-20)15-5-8-21-14(11-15)9-10-30-21/h1-8,11-13,27H,9-10H2,(H,24,28)(H,25,26,29). The quantitative estimate of drug-likeness (QED) is 0.388. The zero-order valence-corrected chi connectivity index (χ0v) is 16.0. The number of nitrogens with zero attached hydrogens (tertiary/aromatic N) is 3. The Morgan fingerprint density at radius 2 is 1.90 bits per heavy atom. The number of nitrogens with one attached hydrogen (secondary N) is 3. The van der Waals surface area contributed by atoms with Crippen molar-refractivity contribution in [3.63, 3.8) is 0 Å². The van der Waals surface area contributed by atoms with E-state index in [4.69, 9.17) is 14.7 Å². The van der Waals surface area contributed by atoms with E-state index in [9.17, 15) is 0 Å². The lowest BCUT2D eigenvalue weighted by Gasteiger charge is -2.13. The van der Waals surface area contributed by atoms with Crippen molar-refractivity contribution in [2.45, 2.75) is 6.42 Å². The molecule has 0 spiro atoms. The third kappa shape index (κ3) is 2.88. The summed E-state index contributed by atoms with van der Waals surface area (Å²) in [6.07, 6.45) is 2.72. The molecule has 2 aromatic heterocycles. The molecule has 7 nitrogen and oxygen atoms in total. The second-order valence-corrected chi connectivity index (χ2v) is 7.26. The van der Waals surface area contributed by atoms with Gasteiger partial charge >= 0.3 is 0 Å². The summed E-state index contributed by atoms with van der Waals surface area (Å²) in [5, 5.41) is 9.01. The number of para-hydroxylation sites is 1. The van der Waals surface area contributed by atoms with E-state index in [0.29, 0.717) is 5.82 Å². The molecule has 0 radical (unpaired) electrons. The molecule has 0 amide bonds. The van der Waals surface area contributed by atoms with Crippen LogP contribution in [0.1, 0.15) is 5.56 Å². The molecule has 3 aromatic carbocycles. The second-order valence-electron chi connectivity index (χ2n) is 7.26. The summed E-state index contributed by atoms with van der Waals surface area (Å²) in [4.78, 5) is 9.61. The number of ether oxygens (including phenoxy) is 1. The first-order valence-electron chi connectivity index (χ1n) is 9.81. The Kier molecular flexibility index (Phi) is 3.77. The number of hydrogen-bond acceptors (Lipinski definition) is 6. The Bertz CT molecular complexity index is 1390. The molecule has 0 atom stereocenters. The summed E-state index contributed by atoms with van der Waals surface area (Å²) in [7, 11) is 0. The molecule has 146 valence electrons. The molecule has 0 bridgehead atoms. The van der Waals surface area contributed by atoms with Crippen molar-refractivity contribution in [3.8, 4) is 17.1 Å². The van der Waals surface area contributed by atoms with Gasteiger partial charge in [0.15, 0.2) is 11.6 Å². The van der Waals surface area contributed by atoms with Gasteiger partial charge in [-0.15, -0.1) is 0 Å². The van der Waals surface area contributed by atoms with Crippen LogP contribution in [0.4, 0.5) is 11.5 Å². The molecule has 0 saturated carbocycles. The van der Waals surface area contributed by atoms with E-state index < -0.39 is 0 Å². The second kappa shape index (κ2) is 6.73. The number of rotatable bonds is 4. The number of aromatic amines is 1. The summed E-state index contributed by atoms with van der Waals surface area (Å²) >= 11 is 0. The van der Waals surface area contributed by atoms with Crippen LogP contribution in [0.3, 0.4) is 0 Å². The number of aromatic nitrogens is 4. The third-order valence-electron chi connectivity index (χ3n) is 5.32. The van der Waals surface area contributed by atoms with E-state index in [2.05, 4.69) is 27.1 Å². The van der Waals surface area contributed by atoms with Crippen molar-refractivity contribution in [2.24, 2.45) is 0 Å². The molecule has 0 aliphatic carbocycles. The molecule has 30 heavy (non-hydrogen) atoms. The van der Waals surface area contributed by atoms with Crippen molar-refractivity contribution in [1.29, 1.82) is 0 Å². The van der Waals surface area contributed by atoms with Crippen molar-refractivity contribution in [3.05, 3.63) is 72.4 Å². The zero-order valence-electron chi connectivity index (χ0n) is 16.0. The molecule has 5 aromatic rings. The van der Waals surface area contributed by atoms with E-state index in [-0.39, 0.29) is 0 Å². The van der Waals surface area contributed by atoms with Gasteiger partial charge in [0.05, 0.1) is 29.5 Å². The van der Waals surface area contributed by atoms with Crippen molar-refractivity contribution < 1.29 is 4.74 Å². The molecule has 6 rings (SSSR count). The third-order valence-corrected chi connectivity index (χ3v) is 5.32. The molecule has 1 aliphatic heterocycles. The average Bonchev–Trinajstić information content (AvgIpc) is 3.45. The van der Waals surface area contributed by atoms with Crippen LogP contribution < -0.4 is 15.6 Å². The number of anilines is 2. The predicted octanol–water partition coefficient (Wildman–Crippen LogP) is 4.55. The Morgan fingerprint density at radius 1 is 0.933 bits per heavy atom. The van der Waals surface area contributed by atoms with E-state index in [1.807, 2.05) is 54.6 Å². The van der Waals surface area contributed by atoms with Gasteiger partial charge in [-0.2, -0.15) is 5.10 Å². The molecule has 0 saturated heterocycles. The number of hydrogen-bond donors (Lipinski definition) is 3. The van der Waals surface area contributed by atoms with Gasteiger partial charge in [0.25, 0.3) is 0 Å². The Morgan fingerprint density at radius 3 is 2.90 bits per heavy atom. The number of H-pyrrole nitrogens is 1. The van der Waals surface area contributed by atoms with Gasteiger partial charge in [-0.05, 0) is 54.1 Å². The molecular formula is C23H18N6O. The minimum Gasteiger partial charge on any atom is -0.493 e. The smallest absolute Gasteiger partial charge is 0.162 e. The first-order valence-corrected chi connectivity index (χ1v) is 9.81. The fraction of sp³-hybridized carbons (Fsp3) is 0.0870. The van der Waals surface area contributed by atoms with Gasteiger partial charge in [0.1, 0.15) is 5.75 Å². The fourth-order valence-electron chi connectivity index (χ4n) is 3.78. The molecular weight excluding hydrogens is 376 g/mol. The average molecular weight is 394 g/mol. The van der Waals surface area contributed by atoms with Crippen molar-refractivity contribution in [1.82, 2.24) is 20.2 Å². The zero-order chi connectivity index (χ0) is 19.9. The van der Waals surface area contributed by atoms with Crippen LogP contribution in [-0.2, 0) is 6.42 Å². The summed E-state index contributed by atoms with van der Waals surface area (Å²) in [6.45, 7) is 0.731. The van der Waals surface area contributed by atoms with Gasteiger partial charge in [0, 0.05) is 22.8 Å².